The molecule has 0 bridgehead atoms. The molecule has 2 rings (SSSR count). The lowest BCUT2D eigenvalue weighted by Gasteiger charge is -2.14. The van der Waals surface area contributed by atoms with Crippen molar-refractivity contribution in [1.29, 1.82) is 0 Å². The molecule has 1 aromatic heterocycles. The zero-order valence-electron chi connectivity index (χ0n) is 12.0. The van der Waals surface area contributed by atoms with E-state index in [-0.39, 0.29) is 12.0 Å². The Kier molecular flexibility index (Phi) is 4.53. The fraction of sp³-hybridized carbons (Fsp3) is 0.333. The van der Waals surface area contributed by atoms with Crippen LogP contribution in [0.4, 0.5) is 0 Å². The number of esters is 1. The number of hydrogen-bond donors (Lipinski definition) is 1. The van der Waals surface area contributed by atoms with Gasteiger partial charge in [0.2, 0.25) is 0 Å². The Morgan fingerprint density at radius 2 is 2.10 bits per heavy atom. The molecule has 0 spiro atoms. The number of imidazole rings is 1. The zero-order chi connectivity index (χ0) is 14.5. The molecule has 106 valence electrons. The van der Waals surface area contributed by atoms with Crippen molar-refractivity contribution >= 4 is 5.97 Å². The summed E-state index contributed by atoms with van der Waals surface area (Å²) >= 11 is 0. The van der Waals surface area contributed by atoms with Crippen molar-refractivity contribution in [2.45, 2.75) is 26.4 Å². The van der Waals surface area contributed by atoms with Gasteiger partial charge in [-0.25, -0.2) is 4.98 Å². The van der Waals surface area contributed by atoms with E-state index in [2.05, 4.69) is 14.9 Å². The van der Waals surface area contributed by atoms with Gasteiger partial charge in [0.1, 0.15) is 11.9 Å². The Morgan fingerprint density at radius 3 is 2.75 bits per heavy atom. The van der Waals surface area contributed by atoms with Crippen LogP contribution in [0.1, 0.15) is 18.4 Å². The van der Waals surface area contributed by atoms with Crippen molar-refractivity contribution < 1.29 is 9.53 Å². The first kappa shape index (κ1) is 14.3. The molecule has 1 heterocycles. The van der Waals surface area contributed by atoms with E-state index in [9.17, 15) is 4.79 Å². The van der Waals surface area contributed by atoms with Gasteiger partial charge in [-0.2, -0.15) is 0 Å². The first-order chi connectivity index (χ1) is 9.63. The number of rotatable bonds is 5. The van der Waals surface area contributed by atoms with Crippen molar-refractivity contribution in [2.24, 2.45) is 0 Å². The molecular formula is C15H19N3O2. The van der Waals surface area contributed by atoms with Gasteiger partial charge in [0.25, 0.3) is 0 Å². The Hall–Kier alpha value is -2.14. The quantitative estimate of drug-likeness (QED) is 0.844. The van der Waals surface area contributed by atoms with E-state index in [4.69, 9.17) is 4.74 Å². The van der Waals surface area contributed by atoms with E-state index in [0.717, 1.165) is 17.2 Å². The first-order valence-electron chi connectivity index (χ1n) is 6.53. The van der Waals surface area contributed by atoms with Crippen molar-refractivity contribution in [1.82, 2.24) is 14.9 Å². The summed E-state index contributed by atoms with van der Waals surface area (Å²) in [4.78, 5) is 15.7. The lowest BCUT2D eigenvalue weighted by atomic mass is 10.3. The minimum atomic E-state index is -0.348. The number of methoxy groups -OCH3 is 1. The Morgan fingerprint density at radius 1 is 1.40 bits per heavy atom. The molecule has 0 amide bonds. The van der Waals surface area contributed by atoms with Crippen LogP contribution in [0.15, 0.2) is 36.5 Å². The summed E-state index contributed by atoms with van der Waals surface area (Å²) in [6, 6.07) is 9.67. The normalized spacial score (nSPS) is 12.2. The van der Waals surface area contributed by atoms with Gasteiger partial charge >= 0.3 is 5.97 Å². The summed E-state index contributed by atoms with van der Waals surface area (Å²) in [6.45, 7) is 4.29. The van der Waals surface area contributed by atoms with E-state index in [1.54, 1.807) is 6.92 Å². The van der Waals surface area contributed by atoms with E-state index in [0.29, 0.717) is 6.54 Å². The Bertz CT molecular complexity index is 578. The van der Waals surface area contributed by atoms with Gasteiger partial charge in [-0.15, -0.1) is 0 Å². The van der Waals surface area contributed by atoms with Crippen LogP contribution in [-0.2, 0) is 16.1 Å². The van der Waals surface area contributed by atoms with Gasteiger partial charge in [0.15, 0.2) is 0 Å². The molecule has 0 fully saturated rings. The number of ether oxygens (including phenoxy) is 1. The Labute approximate surface area is 118 Å². The number of nitrogens with one attached hydrogen (secondary N) is 1. The number of para-hydroxylation sites is 1. The largest absolute Gasteiger partial charge is 0.468 e. The second kappa shape index (κ2) is 6.34. The smallest absolute Gasteiger partial charge is 0.322 e. The van der Waals surface area contributed by atoms with Crippen molar-refractivity contribution in [2.75, 3.05) is 7.11 Å². The third-order valence-corrected chi connectivity index (χ3v) is 3.17. The molecule has 1 aromatic carbocycles. The van der Waals surface area contributed by atoms with E-state index in [1.807, 2.05) is 43.5 Å². The molecule has 5 heteroatoms. The van der Waals surface area contributed by atoms with Gasteiger partial charge in [-0.05, 0) is 26.0 Å². The van der Waals surface area contributed by atoms with Crippen LogP contribution >= 0.6 is 0 Å². The fourth-order valence-corrected chi connectivity index (χ4v) is 2.06. The average Bonchev–Trinajstić information content (AvgIpc) is 2.85. The number of aryl methyl sites for hydroxylation is 1. The molecular weight excluding hydrogens is 254 g/mol. The van der Waals surface area contributed by atoms with Gasteiger partial charge in [-0.1, -0.05) is 18.2 Å². The lowest BCUT2D eigenvalue weighted by Crippen LogP contribution is -2.34. The third-order valence-electron chi connectivity index (χ3n) is 3.17. The number of carbonyl (C=O) groups excluding carboxylic acids is 1. The summed E-state index contributed by atoms with van der Waals surface area (Å²) in [5, 5.41) is 3.14. The second-order valence-corrected chi connectivity index (χ2v) is 4.59. The molecule has 0 aliphatic carbocycles. The van der Waals surface area contributed by atoms with Crippen LogP contribution in [0.2, 0.25) is 0 Å². The number of benzene rings is 1. The second-order valence-electron chi connectivity index (χ2n) is 4.59. The molecule has 0 aliphatic rings. The fourth-order valence-electron chi connectivity index (χ4n) is 2.06. The highest BCUT2D eigenvalue weighted by Crippen LogP contribution is 2.14. The number of nitrogens with zero attached hydrogens (tertiary/aromatic N) is 2. The highest BCUT2D eigenvalue weighted by molar-refractivity contribution is 5.75. The highest BCUT2D eigenvalue weighted by Gasteiger charge is 2.14. The van der Waals surface area contributed by atoms with Crippen LogP contribution in [0, 0.1) is 6.92 Å². The predicted octanol–water partition coefficient (Wildman–Crippen LogP) is 1.83. The minimum absolute atomic E-state index is 0.271. The zero-order valence-corrected chi connectivity index (χ0v) is 12.0. The summed E-state index contributed by atoms with van der Waals surface area (Å²) < 4.78 is 6.76. The summed E-state index contributed by atoms with van der Waals surface area (Å²) in [6.07, 6.45) is 1.82. The minimum Gasteiger partial charge on any atom is -0.468 e. The molecule has 0 unspecified atom stereocenters. The molecule has 20 heavy (non-hydrogen) atoms. The van der Waals surface area contributed by atoms with Crippen LogP contribution in [0.3, 0.4) is 0 Å². The molecule has 0 aliphatic heterocycles. The maximum Gasteiger partial charge on any atom is 0.322 e. The molecule has 0 saturated carbocycles. The van der Waals surface area contributed by atoms with Crippen LogP contribution in [0.25, 0.3) is 5.69 Å². The topological polar surface area (TPSA) is 56.1 Å². The Balaban J connectivity index is 2.16. The van der Waals surface area contributed by atoms with Gasteiger partial charge < -0.3 is 4.74 Å². The third kappa shape index (κ3) is 3.05. The molecule has 5 nitrogen and oxygen atoms in total. The number of carbonyl (C=O) groups is 1. The van der Waals surface area contributed by atoms with Gasteiger partial charge in [0, 0.05) is 12.2 Å². The van der Waals surface area contributed by atoms with Crippen molar-refractivity contribution in [3.63, 3.8) is 0 Å². The molecule has 1 atom stereocenters. The van der Waals surface area contributed by atoms with E-state index in [1.165, 1.54) is 7.11 Å². The molecule has 0 saturated heterocycles. The van der Waals surface area contributed by atoms with Crippen LogP contribution in [0.5, 0.6) is 0 Å². The molecule has 1 N–H and O–H groups in total. The van der Waals surface area contributed by atoms with E-state index >= 15 is 0 Å². The van der Waals surface area contributed by atoms with Crippen molar-refractivity contribution in [3.05, 3.63) is 48.0 Å². The van der Waals surface area contributed by atoms with Crippen LogP contribution < -0.4 is 5.32 Å². The lowest BCUT2D eigenvalue weighted by molar-refractivity contribution is -0.142. The molecule has 0 radical (unpaired) electrons. The molecule has 2 aromatic rings. The van der Waals surface area contributed by atoms with Gasteiger partial charge in [0.05, 0.1) is 19.0 Å². The maximum absolute atomic E-state index is 11.4. The number of hydrogen-bond acceptors (Lipinski definition) is 4. The van der Waals surface area contributed by atoms with Crippen LogP contribution in [-0.4, -0.2) is 28.7 Å². The summed E-state index contributed by atoms with van der Waals surface area (Å²) in [7, 11) is 1.39. The summed E-state index contributed by atoms with van der Waals surface area (Å²) in [5.41, 5.74) is 2.06. The average molecular weight is 273 g/mol. The van der Waals surface area contributed by atoms with Gasteiger partial charge in [-0.3, -0.25) is 14.7 Å². The monoisotopic (exact) mass is 273 g/mol. The standard InChI is InChI=1S/C15H19N3O2/c1-11(15(19)20-3)16-9-14-10-17-12(2)18(14)13-7-5-4-6-8-13/h4-8,10-11,16H,9H2,1-3H3/t11-/m0/s1. The van der Waals surface area contributed by atoms with Crippen molar-refractivity contribution in [3.8, 4) is 5.69 Å². The maximum atomic E-state index is 11.4. The summed E-state index contributed by atoms with van der Waals surface area (Å²) in [5.74, 6) is 0.645. The predicted molar refractivity (Wildman–Crippen MR) is 76.6 cm³/mol. The SMILES string of the molecule is COC(=O)[C@H](C)NCc1cnc(C)n1-c1ccccc1. The number of aromatic nitrogens is 2. The first-order valence-corrected chi connectivity index (χ1v) is 6.53. The highest BCUT2D eigenvalue weighted by atomic mass is 16.5. The van der Waals surface area contributed by atoms with E-state index < -0.39 is 0 Å².